The van der Waals surface area contributed by atoms with E-state index in [0.717, 1.165) is 12.1 Å². The summed E-state index contributed by atoms with van der Waals surface area (Å²) >= 11 is 0. The van der Waals surface area contributed by atoms with Crippen LogP contribution in [-0.4, -0.2) is 11.7 Å². The van der Waals surface area contributed by atoms with E-state index in [2.05, 4.69) is 0 Å². The van der Waals surface area contributed by atoms with Crippen LogP contribution in [-0.2, 0) is 6.42 Å². The molecular weight excluding hydrogens is 203 g/mol. The first-order valence-corrected chi connectivity index (χ1v) is 4.87. The molecule has 15 heavy (non-hydrogen) atoms. The van der Waals surface area contributed by atoms with E-state index in [0.29, 0.717) is 18.4 Å². The van der Waals surface area contributed by atoms with Gasteiger partial charge in [0.15, 0.2) is 11.6 Å². The van der Waals surface area contributed by atoms with E-state index in [-0.39, 0.29) is 12.5 Å². The lowest BCUT2D eigenvalue weighted by Gasteiger charge is -2.39. The smallest absolute Gasteiger partial charge is 0.159 e. The van der Waals surface area contributed by atoms with Crippen molar-refractivity contribution in [3.05, 3.63) is 35.4 Å². The van der Waals surface area contributed by atoms with Gasteiger partial charge in [-0.05, 0) is 30.5 Å². The van der Waals surface area contributed by atoms with Crippen molar-refractivity contribution in [2.45, 2.75) is 31.0 Å². The molecule has 1 aliphatic rings. The Morgan fingerprint density at radius 3 is 2.47 bits per heavy atom. The van der Waals surface area contributed by atoms with E-state index in [1.54, 1.807) is 0 Å². The fourth-order valence-electron chi connectivity index (χ4n) is 2.04. The number of hydrogen-bond acceptors (Lipinski definition) is 1. The first-order chi connectivity index (χ1) is 6.98. The largest absolute Gasteiger partial charge is 0.327 e. The van der Waals surface area contributed by atoms with Gasteiger partial charge in [0.1, 0.15) is 5.67 Å². The topological polar surface area (TPSA) is 26.0 Å². The molecule has 0 saturated heterocycles. The second-order valence-corrected chi connectivity index (χ2v) is 4.24. The molecule has 1 nitrogen and oxygen atoms in total. The number of rotatable bonds is 2. The zero-order valence-electron chi connectivity index (χ0n) is 8.14. The lowest BCUT2D eigenvalue weighted by Crippen LogP contribution is -2.49. The molecule has 0 heterocycles. The zero-order valence-corrected chi connectivity index (χ0v) is 8.14. The molecule has 1 saturated carbocycles. The van der Waals surface area contributed by atoms with Crippen LogP contribution >= 0.6 is 0 Å². The van der Waals surface area contributed by atoms with Gasteiger partial charge in [-0.25, -0.2) is 13.2 Å². The molecule has 0 radical (unpaired) electrons. The van der Waals surface area contributed by atoms with Gasteiger partial charge in [-0.15, -0.1) is 0 Å². The highest BCUT2D eigenvalue weighted by atomic mass is 19.2. The minimum Gasteiger partial charge on any atom is -0.327 e. The van der Waals surface area contributed by atoms with Crippen molar-refractivity contribution in [3.63, 3.8) is 0 Å². The average molecular weight is 215 g/mol. The number of benzene rings is 1. The predicted octanol–water partition coefficient (Wildman–Crippen LogP) is 2.34. The first kappa shape index (κ1) is 10.5. The Bertz CT molecular complexity index is 372. The lowest BCUT2D eigenvalue weighted by atomic mass is 9.74. The summed E-state index contributed by atoms with van der Waals surface area (Å²) in [6.07, 6.45) is 0.704. The van der Waals surface area contributed by atoms with Crippen molar-refractivity contribution in [3.8, 4) is 0 Å². The maximum atomic E-state index is 13.8. The van der Waals surface area contributed by atoms with Gasteiger partial charge in [-0.2, -0.15) is 0 Å². The van der Waals surface area contributed by atoms with E-state index in [4.69, 9.17) is 5.73 Å². The molecule has 0 unspecified atom stereocenters. The molecule has 0 spiro atoms. The SMILES string of the molecule is NC1CC(F)(Cc2ccc(F)c(F)c2)C1. The Hall–Kier alpha value is -1.03. The summed E-state index contributed by atoms with van der Waals surface area (Å²) in [6, 6.07) is 3.37. The number of alkyl halides is 1. The standard InChI is InChI=1S/C11H12F3N/c12-9-2-1-7(3-10(9)13)4-11(14)5-8(15)6-11/h1-3,8H,4-6,15H2. The third kappa shape index (κ3) is 2.15. The van der Waals surface area contributed by atoms with Gasteiger partial charge < -0.3 is 5.73 Å². The number of halogens is 3. The van der Waals surface area contributed by atoms with Gasteiger partial charge in [0.25, 0.3) is 0 Å². The molecule has 0 atom stereocenters. The van der Waals surface area contributed by atoms with Crippen molar-refractivity contribution < 1.29 is 13.2 Å². The average Bonchev–Trinajstić information content (AvgIpc) is 2.09. The summed E-state index contributed by atoms with van der Waals surface area (Å²) in [5.74, 6) is -1.84. The van der Waals surface area contributed by atoms with Crippen LogP contribution in [0.1, 0.15) is 18.4 Å². The number of nitrogens with two attached hydrogens (primary N) is 1. The molecule has 4 heteroatoms. The molecule has 0 amide bonds. The van der Waals surface area contributed by atoms with Gasteiger partial charge >= 0.3 is 0 Å². The third-order valence-corrected chi connectivity index (χ3v) is 2.76. The minimum absolute atomic E-state index is 0.0969. The quantitative estimate of drug-likeness (QED) is 0.805. The Kier molecular flexibility index (Phi) is 2.46. The summed E-state index contributed by atoms with van der Waals surface area (Å²) in [6.45, 7) is 0. The minimum atomic E-state index is -1.33. The van der Waals surface area contributed by atoms with Gasteiger partial charge in [0.05, 0.1) is 0 Å². The molecule has 0 aliphatic heterocycles. The van der Waals surface area contributed by atoms with Crippen molar-refractivity contribution in [1.82, 2.24) is 0 Å². The molecule has 0 bridgehead atoms. The summed E-state index contributed by atoms with van der Waals surface area (Å²) in [7, 11) is 0. The predicted molar refractivity (Wildman–Crippen MR) is 51.1 cm³/mol. The molecule has 1 aromatic carbocycles. The zero-order chi connectivity index (χ0) is 11.1. The fraction of sp³-hybridized carbons (Fsp3) is 0.455. The highest BCUT2D eigenvalue weighted by Gasteiger charge is 2.42. The van der Waals surface area contributed by atoms with E-state index >= 15 is 0 Å². The lowest BCUT2D eigenvalue weighted by molar-refractivity contribution is 0.0444. The third-order valence-electron chi connectivity index (χ3n) is 2.76. The Morgan fingerprint density at radius 2 is 1.93 bits per heavy atom. The second-order valence-electron chi connectivity index (χ2n) is 4.24. The fourth-order valence-corrected chi connectivity index (χ4v) is 2.04. The van der Waals surface area contributed by atoms with E-state index < -0.39 is 17.3 Å². The Labute approximate surface area is 86.1 Å². The monoisotopic (exact) mass is 215 g/mol. The van der Waals surface area contributed by atoms with Gasteiger partial charge in [0, 0.05) is 12.5 Å². The highest BCUT2D eigenvalue weighted by molar-refractivity contribution is 5.21. The van der Waals surface area contributed by atoms with Crippen LogP contribution in [0.2, 0.25) is 0 Å². The summed E-state index contributed by atoms with van der Waals surface area (Å²) in [5, 5.41) is 0. The molecule has 2 rings (SSSR count). The summed E-state index contributed by atoms with van der Waals surface area (Å²) < 4.78 is 39.2. The van der Waals surface area contributed by atoms with Crippen LogP contribution < -0.4 is 5.73 Å². The van der Waals surface area contributed by atoms with Crippen LogP contribution in [0.3, 0.4) is 0 Å². The Balaban J connectivity index is 2.08. The normalized spacial score (nSPS) is 30.0. The van der Waals surface area contributed by atoms with Gasteiger partial charge in [0.2, 0.25) is 0 Å². The van der Waals surface area contributed by atoms with Gasteiger partial charge in [-0.3, -0.25) is 0 Å². The van der Waals surface area contributed by atoms with Crippen LogP contribution in [0.4, 0.5) is 13.2 Å². The van der Waals surface area contributed by atoms with E-state index in [1.165, 1.54) is 6.07 Å². The number of hydrogen-bond donors (Lipinski definition) is 1. The van der Waals surface area contributed by atoms with Gasteiger partial charge in [-0.1, -0.05) is 6.07 Å². The Morgan fingerprint density at radius 1 is 1.27 bits per heavy atom. The summed E-state index contributed by atoms with van der Waals surface area (Å²) in [4.78, 5) is 0. The molecule has 1 aliphatic carbocycles. The second kappa shape index (κ2) is 3.52. The molecule has 0 aromatic heterocycles. The molecule has 82 valence electrons. The van der Waals surface area contributed by atoms with Crippen LogP contribution in [0.15, 0.2) is 18.2 Å². The maximum absolute atomic E-state index is 13.8. The van der Waals surface area contributed by atoms with Crippen LogP contribution in [0.25, 0.3) is 0 Å². The summed E-state index contributed by atoms with van der Waals surface area (Å²) in [5.41, 5.74) is 4.63. The van der Waals surface area contributed by atoms with Crippen molar-refractivity contribution >= 4 is 0 Å². The first-order valence-electron chi connectivity index (χ1n) is 4.87. The molecular formula is C11H12F3N. The van der Waals surface area contributed by atoms with Crippen molar-refractivity contribution in [1.29, 1.82) is 0 Å². The maximum Gasteiger partial charge on any atom is 0.159 e. The molecule has 1 aromatic rings. The molecule has 1 fully saturated rings. The molecule has 2 N–H and O–H groups in total. The van der Waals surface area contributed by atoms with E-state index in [1.807, 2.05) is 0 Å². The van der Waals surface area contributed by atoms with Crippen LogP contribution in [0.5, 0.6) is 0 Å². The highest BCUT2D eigenvalue weighted by Crippen LogP contribution is 2.38. The van der Waals surface area contributed by atoms with E-state index in [9.17, 15) is 13.2 Å². The van der Waals surface area contributed by atoms with Crippen molar-refractivity contribution in [2.24, 2.45) is 5.73 Å². The van der Waals surface area contributed by atoms with Crippen molar-refractivity contribution in [2.75, 3.05) is 0 Å². The van der Waals surface area contributed by atoms with Crippen LogP contribution in [0, 0.1) is 11.6 Å².